The number of amides is 1. The van der Waals surface area contributed by atoms with Crippen molar-refractivity contribution in [2.75, 3.05) is 11.9 Å². The van der Waals surface area contributed by atoms with Crippen molar-refractivity contribution in [1.29, 1.82) is 0 Å². The van der Waals surface area contributed by atoms with E-state index in [9.17, 15) is 14.7 Å². The summed E-state index contributed by atoms with van der Waals surface area (Å²) in [4.78, 5) is 28.0. The average molecular weight is 348 g/mol. The largest absolute Gasteiger partial charge is 0.507 e. The predicted octanol–water partition coefficient (Wildman–Crippen LogP) is 3.33. The third-order valence-electron chi connectivity index (χ3n) is 3.33. The number of hydrogen-bond donors (Lipinski definition) is 2. The number of benzene rings is 1. The van der Waals surface area contributed by atoms with Crippen LogP contribution in [0.4, 0.5) is 5.13 Å². The molecule has 0 spiro atoms. The summed E-state index contributed by atoms with van der Waals surface area (Å²) in [5, 5.41) is 14.6. The summed E-state index contributed by atoms with van der Waals surface area (Å²) in [7, 11) is 0. The Morgan fingerprint density at radius 2 is 2.12 bits per heavy atom. The van der Waals surface area contributed by atoms with Crippen LogP contribution in [0.1, 0.15) is 48.3 Å². The van der Waals surface area contributed by atoms with E-state index in [-0.39, 0.29) is 29.6 Å². The number of rotatable bonds is 6. The summed E-state index contributed by atoms with van der Waals surface area (Å²) >= 11 is 1.22. The normalized spacial score (nSPS) is 10.7. The van der Waals surface area contributed by atoms with E-state index < -0.39 is 5.91 Å². The van der Waals surface area contributed by atoms with Gasteiger partial charge in [0.15, 0.2) is 5.13 Å². The molecule has 7 heteroatoms. The summed E-state index contributed by atoms with van der Waals surface area (Å²) < 4.78 is 4.86. The molecule has 0 fully saturated rings. The number of carbonyl (C=O) groups excluding carboxylic acids is 2. The predicted molar refractivity (Wildman–Crippen MR) is 92.6 cm³/mol. The number of carbonyl (C=O) groups is 2. The van der Waals surface area contributed by atoms with Crippen molar-refractivity contribution in [2.45, 2.75) is 33.1 Å². The van der Waals surface area contributed by atoms with Gasteiger partial charge in [0, 0.05) is 5.38 Å². The first kappa shape index (κ1) is 17.9. The molecule has 1 heterocycles. The third-order valence-corrected chi connectivity index (χ3v) is 4.14. The zero-order chi connectivity index (χ0) is 17.7. The maximum Gasteiger partial charge on any atom is 0.311 e. The molecule has 1 aromatic heterocycles. The monoisotopic (exact) mass is 348 g/mol. The first-order valence-electron chi connectivity index (χ1n) is 7.65. The first-order chi connectivity index (χ1) is 11.4. The molecule has 0 radical (unpaired) electrons. The summed E-state index contributed by atoms with van der Waals surface area (Å²) in [6.07, 6.45) is 0.0638. The fourth-order valence-electron chi connectivity index (χ4n) is 2.06. The van der Waals surface area contributed by atoms with Gasteiger partial charge in [-0.3, -0.25) is 14.9 Å². The van der Waals surface area contributed by atoms with E-state index in [1.165, 1.54) is 17.4 Å². The minimum atomic E-state index is -0.438. The molecule has 1 aromatic carbocycles. The number of anilines is 1. The van der Waals surface area contributed by atoms with Gasteiger partial charge in [0.2, 0.25) is 0 Å². The van der Waals surface area contributed by atoms with Gasteiger partial charge >= 0.3 is 5.97 Å². The molecule has 128 valence electrons. The van der Waals surface area contributed by atoms with Gasteiger partial charge in [0.25, 0.3) is 5.91 Å². The number of phenols is 1. The summed E-state index contributed by atoms with van der Waals surface area (Å²) in [6.45, 7) is 6.08. The van der Waals surface area contributed by atoms with Crippen LogP contribution in [0.2, 0.25) is 0 Å². The average Bonchev–Trinajstić information content (AvgIpc) is 2.94. The molecule has 1 amide bonds. The second-order valence-corrected chi connectivity index (χ2v) is 6.37. The number of hydrogen-bond acceptors (Lipinski definition) is 6. The standard InChI is InChI=1S/C17H20N2O4S/c1-4-23-15(21)8-12-9-24-17(18-12)19-16(22)13-7-11(10(2)3)5-6-14(13)20/h5-7,9-10,20H,4,8H2,1-3H3,(H,18,19,22). The van der Waals surface area contributed by atoms with Crippen molar-refractivity contribution in [3.63, 3.8) is 0 Å². The van der Waals surface area contributed by atoms with E-state index in [0.717, 1.165) is 5.56 Å². The number of ether oxygens (including phenoxy) is 1. The molecule has 0 aliphatic heterocycles. The van der Waals surface area contributed by atoms with Gasteiger partial charge in [0.1, 0.15) is 5.75 Å². The molecule has 24 heavy (non-hydrogen) atoms. The summed E-state index contributed by atoms with van der Waals surface area (Å²) in [5.74, 6) is -0.636. The molecule has 0 bridgehead atoms. The topological polar surface area (TPSA) is 88.5 Å². The van der Waals surface area contributed by atoms with Crippen LogP contribution < -0.4 is 5.32 Å². The third kappa shape index (κ3) is 4.55. The Labute approximate surface area is 144 Å². The molecule has 6 nitrogen and oxygen atoms in total. The van der Waals surface area contributed by atoms with Gasteiger partial charge in [-0.25, -0.2) is 4.98 Å². The van der Waals surface area contributed by atoms with Crippen molar-refractivity contribution in [2.24, 2.45) is 0 Å². The van der Waals surface area contributed by atoms with Gasteiger partial charge in [-0.05, 0) is 30.5 Å². The molecule has 2 N–H and O–H groups in total. The van der Waals surface area contributed by atoms with Crippen LogP contribution in [-0.2, 0) is 16.0 Å². The van der Waals surface area contributed by atoms with Gasteiger partial charge in [-0.1, -0.05) is 19.9 Å². The Hall–Kier alpha value is -2.41. The van der Waals surface area contributed by atoms with Crippen LogP contribution in [0.25, 0.3) is 0 Å². The zero-order valence-electron chi connectivity index (χ0n) is 13.8. The van der Waals surface area contributed by atoms with Gasteiger partial charge < -0.3 is 9.84 Å². The van der Waals surface area contributed by atoms with Crippen LogP contribution in [0.5, 0.6) is 5.75 Å². The number of esters is 1. The second kappa shape index (κ2) is 7.92. The van der Waals surface area contributed by atoms with Crippen molar-refractivity contribution in [3.8, 4) is 5.75 Å². The Kier molecular flexibility index (Phi) is 5.92. The Morgan fingerprint density at radius 1 is 1.38 bits per heavy atom. The van der Waals surface area contributed by atoms with Crippen molar-refractivity contribution in [3.05, 3.63) is 40.4 Å². The SMILES string of the molecule is CCOC(=O)Cc1csc(NC(=O)c2cc(C(C)C)ccc2O)n1. The van der Waals surface area contributed by atoms with Crippen LogP contribution in [0, 0.1) is 0 Å². The molecule has 0 saturated carbocycles. The highest BCUT2D eigenvalue weighted by atomic mass is 32.1. The summed E-state index contributed by atoms with van der Waals surface area (Å²) in [5.41, 5.74) is 1.69. The highest BCUT2D eigenvalue weighted by Crippen LogP contribution is 2.25. The number of thiazole rings is 1. The van der Waals surface area contributed by atoms with Crippen molar-refractivity contribution in [1.82, 2.24) is 4.98 Å². The van der Waals surface area contributed by atoms with Gasteiger partial charge in [-0.2, -0.15) is 0 Å². The molecule has 2 rings (SSSR count). The molecule has 2 aromatic rings. The van der Waals surface area contributed by atoms with Crippen LogP contribution in [0.3, 0.4) is 0 Å². The minimum Gasteiger partial charge on any atom is -0.507 e. The lowest BCUT2D eigenvalue weighted by atomic mass is 10.00. The van der Waals surface area contributed by atoms with E-state index in [1.54, 1.807) is 24.4 Å². The number of aromatic hydroxyl groups is 1. The Bertz CT molecular complexity index is 740. The maximum atomic E-state index is 12.3. The van der Waals surface area contributed by atoms with E-state index in [2.05, 4.69) is 10.3 Å². The smallest absolute Gasteiger partial charge is 0.311 e. The summed E-state index contributed by atoms with van der Waals surface area (Å²) in [6, 6.07) is 4.97. The molecule has 0 saturated heterocycles. The van der Waals surface area contributed by atoms with Crippen LogP contribution in [-0.4, -0.2) is 28.6 Å². The fraction of sp³-hybridized carbons (Fsp3) is 0.353. The molecule has 0 unspecified atom stereocenters. The number of nitrogens with zero attached hydrogens (tertiary/aromatic N) is 1. The number of nitrogens with one attached hydrogen (secondary N) is 1. The quantitative estimate of drug-likeness (QED) is 0.782. The molecule has 0 aliphatic carbocycles. The van der Waals surface area contributed by atoms with Crippen molar-refractivity contribution < 1.29 is 19.4 Å². The zero-order valence-corrected chi connectivity index (χ0v) is 14.6. The van der Waals surface area contributed by atoms with Crippen molar-refractivity contribution >= 4 is 28.3 Å². The molecule has 0 aliphatic rings. The van der Waals surface area contributed by atoms with E-state index >= 15 is 0 Å². The lowest BCUT2D eigenvalue weighted by Crippen LogP contribution is -2.13. The lowest BCUT2D eigenvalue weighted by Gasteiger charge is -2.09. The molecule has 0 atom stereocenters. The van der Waals surface area contributed by atoms with Crippen LogP contribution >= 0.6 is 11.3 Å². The highest BCUT2D eigenvalue weighted by molar-refractivity contribution is 7.14. The van der Waals surface area contributed by atoms with E-state index in [0.29, 0.717) is 17.4 Å². The lowest BCUT2D eigenvalue weighted by molar-refractivity contribution is -0.142. The second-order valence-electron chi connectivity index (χ2n) is 5.51. The van der Waals surface area contributed by atoms with Gasteiger partial charge in [-0.15, -0.1) is 11.3 Å². The Balaban J connectivity index is 2.09. The Morgan fingerprint density at radius 3 is 2.79 bits per heavy atom. The number of phenolic OH excluding ortho intramolecular Hbond substituents is 1. The highest BCUT2D eigenvalue weighted by Gasteiger charge is 2.16. The minimum absolute atomic E-state index is 0.0638. The number of aromatic nitrogens is 1. The maximum absolute atomic E-state index is 12.3. The van der Waals surface area contributed by atoms with Gasteiger partial charge in [0.05, 0.1) is 24.3 Å². The first-order valence-corrected chi connectivity index (χ1v) is 8.53. The van der Waals surface area contributed by atoms with Crippen LogP contribution in [0.15, 0.2) is 23.6 Å². The molecular weight excluding hydrogens is 328 g/mol. The van der Waals surface area contributed by atoms with E-state index in [1.807, 2.05) is 13.8 Å². The van der Waals surface area contributed by atoms with E-state index in [4.69, 9.17) is 4.74 Å². The molecular formula is C17H20N2O4S. The fourth-order valence-corrected chi connectivity index (χ4v) is 2.77.